The van der Waals surface area contributed by atoms with E-state index in [1.54, 1.807) is 6.07 Å². The lowest BCUT2D eigenvalue weighted by Crippen LogP contribution is -1.98. The van der Waals surface area contributed by atoms with Gasteiger partial charge in [0.05, 0.1) is 0 Å². The zero-order valence-electron chi connectivity index (χ0n) is 15.2. The number of rotatable bonds is 4. The van der Waals surface area contributed by atoms with Crippen LogP contribution in [0.2, 0.25) is 0 Å². The van der Waals surface area contributed by atoms with Gasteiger partial charge < -0.3 is 16.0 Å². The molecule has 1 aromatic heterocycles. The lowest BCUT2D eigenvalue weighted by atomic mass is 10.1. The van der Waals surface area contributed by atoms with Crippen LogP contribution in [0, 0.1) is 5.82 Å². The summed E-state index contributed by atoms with van der Waals surface area (Å²) >= 11 is 0. The minimum absolute atomic E-state index is 0.196. The number of hydrogen-bond acceptors (Lipinski definition) is 3. The fraction of sp³-hybridized carbons (Fsp3) is 0.250. The molecule has 0 fully saturated rings. The molecular formula is C20H28FN3O. The van der Waals surface area contributed by atoms with E-state index in [2.05, 4.69) is 43.5 Å². The second-order valence-corrected chi connectivity index (χ2v) is 5.58. The highest BCUT2D eigenvalue weighted by Gasteiger charge is 2.10. The minimum Gasteiger partial charge on any atom is -0.405 e. The Morgan fingerprint density at radius 2 is 1.92 bits per heavy atom. The van der Waals surface area contributed by atoms with Crippen LogP contribution < -0.4 is 11.5 Å². The number of allylic oxidation sites excluding steroid dienone is 3. The monoisotopic (exact) mass is 345 g/mol. The molecule has 0 atom stereocenters. The van der Waals surface area contributed by atoms with Crippen LogP contribution in [0.15, 0.2) is 61.6 Å². The van der Waals surface area contributed by atoms with E-state index >= 15 is 0 Å². The first-order valence-corrected chi connectivity index (χ1v) is 7.92. The van der Waals surface area contributed by atoms with Crippen LogP contribution in [0.3, 0.4) is 0 Å². The normalized spacial score (nSPS) is 10.4. The first-order chi connectivity index (χ1) is 11.8. The van der Waals surface area contributed by atoms with E-state index in [9.17, 15) is 4.39 Å². The van der Waals surface area contributed by atoms with Crippen molar-refractivity contribution in [3.63, 3.8) is 0 Å². The molecule has 0 saturated carbocycles. The molecule has 25 heavy (non-hydrogen) atoms. The number of carbonyl (C=O) groups excluding carboxylic acids is 1. The van der Waals surface area contributed by atoms with Crippen LogP contribution in [0.25, 0.3) is 10.9 Å². The van der Waals surface area contributed by atoms with Crippen molar-refractivity contribution >= 4 is 17.2 Å². The van der Waals surface area contributed by atoms with Gasteiger partial charge in [-0.25, -0.2) is 4.39 Å². The third kappa shape index (κ3) is 7.52. The number of carbonyl (C=O) groups is 1. The Labute approximate surface area is 149 Å². The Morgan fingerprint density at radius 3 is 2.36 bits per heavy atom. The minimum atomic E-state index is -0.196. The van der Waals surface area contributed by atoms with Crippen molar-refractivity contribution in [3.8, 4) is 0 Å². The van der Waals surface area contributed by atoms with E-state index in [-0.39, 0.29) is 5.82 Å². The summed E-state index contributed by atoms with van der Waals surface area (Å²) in [7, 11) is 0. The SMILES string of the molecule is C/C(N)=C/Cc1cn(C(C)C)c2ccc(F)cc12.C=CC=O.C=CN. The van der Waals surface area contributed by atoms with Crippen molar-refractivity contribution in [3.05, 3.63) is 73.0 Å². The summed E-state index contributed by atoms with van der Waals surface area (Å²) in [5.41, 5.74) is 13.2. The predicted molar refractivity (Wildman–Crippen MR) is 105 cm³/mol. The first-order valence-electron chi connectivity index (χ1n) is 7.92. The molecular weight excluding hydrogens is 317 g/mol. The van der Waals surface area contributed by atoms with E-state index < -0.39 is 0 Å². The maximum atomic E-state index is 13.4. The Balaban J connectivity index is 0.000000708. The van der Waals surface area contributed by atoms with Crippen LogP contribution in [0.1, 0.15) is 32.4 Å². The summed E-state index contributed by atoms with van der Waals surface area (Å²) < 4.78 is 15.5. The van der Waals surface area contributed by atoms with E-state index in [0.29, 0.717) is 12.3 Å². The van der Waals surface area contributed by atoms with Gasteiger partial charge in [-0.2, -0.15) is 0 Å². The lowest BCUT2D eigenvalue weighted by Gasteiger charge is -2.08. The van der Waals surface area contributed by atoms with E-state index in [1.165, 1.54) is 18.3 Å². The summed E-state index contributed by atoms with van der Waals surface area (Å²) in [6, 6.07) is 5.31. The summed E-state index contributed by atoms with van der Waals surface area (Å²) in [4.78, 5) is 9.06. The second kappa shape index (κ2) is 11.7. The third-order valence-corrected chi connectivity index (χ3v) is 3.17. The highest BCUT2D eigenvalue weighted by Crippen LogP contribution is 2.26. The maximum Gasteiger partial charge on any atom is 0.142 e. The second-order valence-electron chi connectivity index (χ2n) is 5.58. The van der Waals surface area contributed by atoms with Gasteiger partial charge in [-0.15, -0.1) is 0 Å². The topological polar surface area (TPSA) is 74.0 Å². The Bertz CT molecular complexity index is 720. The summed E-state index contributed by atoms with van der Waals surface area (Å²) in [6.07, 6.45) is 7.88. The molecule has 136 valence electrons. The van der Waals surface area contributed by atoms with Crippen molar-refractivity contribution < 1.29 is 9.18 Å². The van der Waals surface area contributed by atoms with Gasteiger partial charge in [0.15, 0.2) is 0 Å². The zero-order chi connectivity index (χ0) is 19.4. The molecule has 0 amide bonds. The summed E-state index contributed by atoms with van der Waals surface area (Å²) in [5, 5.41) is 0.973. The van der Waals surface area contributed by atoms with E-state index in [1.807, 2.05) is 19.1 Å². The van der Waals surface area contributed by atoms with Crippen LogP contribution in [-0.4, -0.2) is 10.9 Å². The highest BCUT2D eigenvalue weighted by molar-refractivity contribution is 5.84. The number of benzene rings is 1. The molecule has 0 bridgehead atoms. The van der Waals surface area contributed by atoms with Crippen molar-refractivity contribution in [1.82, 2.24) is 4.57 Å². The Kier molecular flexibility index (Phi) is 10.4. The molecule has 0 aliphatic carbocycles. The maximum absolute atomic E-state index is 13.4. The lowest BCUT2D eigenvalue weighted by molar-refractivity contribution is -0.104. The predicted octanol–water partition coefficient (Wildman–Crippen LogP) is 4.23. The standard InChI is InChI=1S/C15H19FN2.C3H4O.C2H5N/c1-10(2)18-9-12(5-4-11(3)17)14-8-13(16)6-7-15(14)18;1-2-3-4;1-2-3/h4,6-10H,5,17H2,1-3H3;2-3H,1H2;2H,1,3H2/b11-4-;;. The molecule has 0 aliphatic heterocycles. The number of aldehydes is 1. The fourth-order valence-electron chi connectivity index (χ4n) is 2.16. The van der Waals surface area contributed by atoms with Gasteiger partial charge in [-0.05, 0) is 63.2 Å². The summed E-state index contributed by atoms with van der Waals surface area (Å²) in [6.45, 7) is 12.4. The van der Waals surface area contributed by atoms with Gasteiger partial charge in [0.2, 0.25) is 0 Å². The van der Waals surface area contributed by atoms with Crippen molar-refractivity contribution in [2.24, 2.45) is 11.5 Å². The fourth-order valence-corrected chi connectivity index (χ4v) is 2.16. The Morgan fingerprint density at radius 1 is 1.36 bits per heavy atom. The van der Waals surface area contributed by atoms with E-state index in [4.69, 9.17) is 10.5 Å². The van der Waals surface area contributed by atoms with E-state index in [0.717, 1.165) is 28.6 Å². The highest BCUT2D eigenvalue weighted by atomic mass is 19.1. The molecule has 0 saturated heterocycles. The van der Waals surface area contributed by atoms with Crippen molar-refractivity contribution in [2.75, 3.05) is 0 Å². The van der Waals surface area contributed by atoms with Gasteiger partial charge in [0, 0.05) is 28.8 Å². The molecule has 1 aromatic carbocycles. The number of aromatic nitrogens is 1. The molecule has 0 aliphatic rings. The number of fused-ring (bicyclic) bond motifs is 1. The molecule has 5 heteroatoms. The first kappa shape index (κ1) is 22.2. The summed E-state index contributed by atoms with van der Waals surface area (Å²) in [5.74, 6) is -0.196. The molecule has 2 aromatic rings. The molecule has 1 heterocycles. The van der Waals surface area contributed by atoms with Gasteiger partial charge in [0.25, 0.3) is 0 Å². The Hall–Kier alpha value is -2.82. The van der Waals surface area contributed by atoms with Crippen LogP contribution in [0.5, 0.6) is 0 Å². The number of nitrogens with two attached hydrogens (primary N) is 2. The molecule has 2 rings (SSSR count). The van der Waals surface area contributed by atoms with Gasteiger partial charge in [-0.3, -0.25) is 4.79 Å². The van der Waals surface area contributed by atoms with Crippen LogP contribution in [0.4, 0.5) is 4.39 Å². The number of hydrogen-bond donors (Lipinski definition) is 2. The molecule has 4 N–H and O–H groups in total. The average Bonchev–Trinajstić information content (AvgIpc) is 2.92. The molecule has 0 unspecified atom stereocenters. The van der Waals surface area contributed by atoms with Crippen molar-refractivity contribution in [2.45, 2.75) is 33.2 Å². The quantitative estimate of drug-likeness (QED) is 0.643. The third-order valence-electron chi connectivity index (χ3n) is 3.17. The number of halogens is 1. The van der Waals surface area contributed by atoms with Crippen LogP contribution in [-0.2, 0) is 11.2 Å². The van der Waals surface area contributed by atoms with Gasteiger partial charge in [0.1, 0.15) is 12.1 Å². The van der Waals surface area contributed by atoms with Crippen LogP contribution >= 0.6 is 0 Å². The number of nitrogens with zero attached hydrogens (tertiary/aromatic N) is 1. The molecule has 0 spiro atoms. The zero-order valence-corrected chi connectivity index (χ0v) is 15.2. The molecule has 4 nitrogen and oxygen atoms in total. The average molecular weight is 345 g/mol. The van der Waals surface area contributed by atoms with Gasteiger partial charge >= 0.3 is 0 Å². The molecule has 0 radical (unpaired) electrons. The largest absolute Gasteiger partial charge is 0.405 e. The van der Waals surface area contributed by atoms with Gasteiger partial charge in [-0.1, -0.05) is 19.2 Å². The smallest absolute Gasteiger partial charge is 0.142 e. The van der Waals surface area contributed by atoms with Crippen molar-refractivity contribution in [1.29, 1.82) is 0 Å².